The van der Waals surface area contributed by atoms with Crippen LogP contribution in [-0.2, 0) is 17.6 Å². The Morgan fingerprint density at radius 2 is 2.10 bits per heavy atom. The number of amides is 1. The number of aromatic nitrogens is 3. The SMILES string of the molecule is C[Si](C)(C)CCOCn1cc(-c2nc(N[C@H]3CCCN(C(=O)O)C3)ncc2C(F)(F)F)c2ccc(C#N)c(Br)c21. The van der Waals surface area contributed by atoms with Gasteiger partial charge in [-0.3, -0.25) is 0 Å². The largest absolute Gasteiger partial charge is 0.465 e. The lowest BCUT2D eigenvalue weighted by Gasteiger charge is -2.31. The first-order valence-corrected chi connectivity index (χ1v) is 17.3. The van der Waals surface area contributed by atoms with E-state index in [0.29, 0.717) is 46.9 Å². The molecule has 0 unspecified atom stereocenters. The van der Waals surface area contributed by atoms with Crippen molar-refractivity contribution in [1.82, 2.24) is 19.4 Å². The van der Waals surface area contributed by atoms with Gasteiger partial charge < -0.3 is 24.6 Å². The number of halogens is 4. The molecule has 0 saturated carbocycles. The summed E-state index contributed by atoms with van der Waals surface area (Å²) >= 11 is 3.46. The second-order valence-electron chi connectivity index (χ2n) is 11.0. The summed E-state index contributed by atoms with van der Waals surface area (Å²) < 4.78 is 50.6. The van der Waals surface area contributed by atoms with E-state index in [9.17, 15) is 28.3 Å². The van der Waals surface area contributed by atoms with Gasteiger partial charge in [0.25, 0.3) is 0 Å². The molecule has 214 valence electrons. The molecular weight excluding hydrogens is 609 g/mol. The van der Waals surface area contributed by atoms with E-state index >= 15 is 0 Å². The molecule has 14 heteroatoms. The fourth-order valence-electron chi connectivity index (χ4n) is 4.59. The number of alkyl halides is 3. The van der Waals surface area contributed by atoms with Crippen LogP contribution >= 0.6 is 15.9 Å². The highest BCUT2D eigenvalue weighted by Gasteiger charge is 2.37. The molecule has 1 atom stereocenters. The third-order valence-corrected chi connectivity index (χ3v) is 9.21. The van der Waals surface area contributed by atoms with Crippen LogP contribution < -0.4 is 5.32 Å². The van der Waals surface area contributed by atoms with Crippen molar-refractivity contribution in [2.75, 3.05) is 25.0 Å². The number of hydrogen-bond donors (Lipinski definition) is 2. The number of likely N-dealkylation sites (tertiary alicyclic amines) is 1. The van der Waals surface area contributed by atoms with Crippen LogP contribution in [0.2, 0.25) is 25.7 Å². The molecule has 0 aliphatic carbocycles. The van der Waals surface area contributed by atoms with Crippen LogP contribution in [0.1, 0.15) is 24.0 Å². The Labute approximate surface area is 239 Å². The summed E-state index contributed by atoms with van der Waals surface area (Å²) in [6, 6.07) is 5.82. The van der Waals surface area contributed by atoms with E-state index in [0.717, 1.165) is 12.2 Å². The van der Waals surface area contributed by atoms with Gasteiger partial charge in [0.05, 0.1) is 21.2 Å². The van der Waals surface area contributed by atoms with Crippen molar-refractivity contribution in [1.29, 1.82) is 5.26 Å². The van der Waals surface area contributed by atoms with Crippen molar-refractivity contribution >= 4 is 46.9 Å². The molecule has 1 fully saturated rings. The van der Waals surface area contributed by atoms with Crippen molar-refractivity contribution in [3.8, 4) is 17.3 Å². The molecule has 2 N–H and O–H groups in total. The molecule has 0 spiro atoms. The van der Waals surface area contributed by atoms with E-state index < -0.39 is 25.9 Å². The lowest BCUT2D eigenvalue weighted by atomic mass is 10.0. The number of anilines is 1. The average molecular weight is 640 g/mol. The van der Waals surface area contributed by atoms with Gasteiger partial charge in [0.15, 0.2) is 0 Å². The highest BCUT2D eigenvalue weighted by Crippen LogP contribution is 2.41. The smallest absolute Gasteiger partial charge is 0.419 e. The zero-order chi connectivity index (χ0) is 29.2. The summed E-state index contributed by atoms with van der Waals surface area (Å²) in [6.07, 6.45) is -2.25. The number of hydrogen-bond acceptors (Lipinski definition) is 6. The highest BCUT2D eigenvalue weighted by molar-refractivity contribution is 9.10. The first-order chi connectivity index (χ1) is 18.8. The zero-order valence-corrected chi connectivity index (χ0v) is 24.9. The molecule has 1 aliphatic rings. The van der Waals surface area contributed by atoms with Crippen LogP contribution in [0.15, 0.2) is 29.0 Å². The second-order valence-corrected chi connectivity index (χ2v) is 17.4. The van der Waals surface area contributed by atoms with E-state index in [1.54, 1.807) is 22.9 Å². The Morgan fingerprint density at radius 3 is 2.75 bits per heavy atom. The Kier molecular flexibility index (Phi) is 8.77. The minimum atomic E-state index is -4.73. The first-order valence-electron chi connectivity index (χ1n) is 12.8. The molecule has 1 saturated heterocycles. The van der Waals surface area contributed by atoms with Gasteiger partial charge in [0.1, 0.15) is 18.4 Å². The number of nitriles is 1. The van der Waals surface area contributed by atoms with Crippen molar-refractivity contribution in [2.24, 2.45) is 0 Å². The number of carbonyl (C=O) groups is 1. The highest BCUT2D eigenvalue weighted by atomic mass is 79.9. The summed E-state index contributed by atoms with van der Waals surface area (Å²) in [6.45, 7) is 7.83. The number of benzene rings is 1. The van der Waals surface area contributed by atoms with Gasteiger partial charge in [0.2, 0.25) is 5.95 Å². The molecule has 1 aliphatic heterocycles. The monoisotopic (exact) mass is 638 g/mol. The molecule has 3 heterocycles. The van der Waals surface area contributed by atoms with E-state index in [2.05, 4.69) is 56.9 Å². The van der Waals surface area contributed by atoms with Crippen molar-refractivity contribution in [2.45, 2.75) is 57.5 Å². The van der Waals surface area contributed by atoms with Crippen LogP contribution in [0.3, 0.4) is 0 Å². The molecule has 4 rings (SSSR count). The van der Waals surface area contributed by atoms with Gasteiger partial charge in [0, 0.05) is 57.2 Å². The number of fused-ring (bicyclic) bond motifs is 1. The quantitative estimate of drug-likeness (QED) is 0.210. The van der Waals surface area contributed by atoms with E-state index in [1.165, 1.54) is 4.90 Å². The van der Waals surface area contributed by atoms with E-state index in [4.69, 9.17) is 4.74 Å². The molecular formula is C26H30BrF3N6O3Si. The third kappa shape index (κ3) is 6.76. The van der Waals surface area contributed by atoms with Gasteiger partial charge in [-0.25, -0.2) is 14.8 Å². The average Bonchev–Trinajstić information content (AvgIpc) is 3.25. The molecule has 3 aromatic rings. The van der Waals surface area contributed by atoms with Crippen LogP contribution in [0.4, 0.5) is 23.9 Å². The Bertz CT molecular complexity index is 1450. The Hall–Kier alpha value is -3.15. The number of carboxylic acid groups (broad SMARTS) is 1. The molecule has 0 bridgehead atoms. The van der Waals surface area contributed by atoms with Gasteiger partial charge in [-0.05, 0) is 40.9 Å². The van der Waals surface area contributed by atoms with Crippen LogP contribution in [-0.4, -0.2) is 64.4 Å². The fraction of sp³-hybridized carbons (Fsp3) is 0.462. The molecule has 40 heavy (non-hydrogen) atoms. The standard InChI is InChI=1S/C26H30BrF3N6O3Si/c1-40(2,3)10-9-39-15-36-14-19(18-7-6-16(11-31)21(27)23(18)36)22-20(26(28,29)30)12-32-24(34-22)33-17-5-4-8-35(13-17)25(37)38/h6-7,12,14,17H,4-5,8-10,13,15H2,1-3H3,(H,37,38)(H,32,33,34)/t17-/m0/s1. The number of nitrogens with zero attached hydrogens (tertiary/aromatic N) is 5. The Balaban J connectivity index is 1.77. The van der Waals surface area contributed by atoms with Crippen molar-refractivity contribution < 1.29 is 27.8 Å². The second kappa shape index (κ2) is 11.8. The van der Waals surface area contributed by atoms with Gasteiger partial charge in [-0.1, -0.05) is 25.7 Å². The maximum Gasteiger partial charge on any atom is 0.419 e. The number of rotatable bonds is 8. The predicted molar refractivity (Wildman–Crippen MR) is 151 cm³/mol. The maximum absolute atomic E-state index is 14.2. The normalized spacial score (nSPS) is 16.2. The third-order valence-electron chi connectivity index (χ3n) is 6.70. The molecule has 9 nitrogen and oxygen atoms in total. The number of nitrogens with one attached hydrogen (secondary N) is 1. The molecule has 1 amide bonds. The predicted octanol–water partition coefficient (Wildman–Crippen LogP) is 6.62. The lowest BCUT2D eigenvalue weighted by Crippen LogP contribution is -2.44. The molecule has 2 aromatic heterocycles. The maximum atomic E-state index is 14.2. The fourth-order valence-corrected chi connectivity index (χ4v) is 6.01. The first kappa shape index (κ1) is 29.8. The summed E-state index contributed by atoms with van der Waals surface area (Å²) in [5, 5.41) is 22.4. The lowest BCUT2D eigenvalue weighted by molar-refractivity contribution is -0.137. The topological polar surface area (TPSA) is 116 Å². The zero-order valence-electron chi connectivity index (χ0n) is 22.3. The van der Waals surface area contributed by atoms with Gasteiger partial charge in [-0.2, -0.15) is 18.4 Å². The van der Waals surface area contributed by atoms with Crippen LogP contribution in [0.5, 0.6) is 0 Å². The summed E-state index contributed by atoms with van der Waals surface area (Å²) in [7, 11) is -1.36. The van der Waals surface area contributed by atoms with E-state index in [1.807, 2.05) is 0 Å². The van der Waals surface area contributed by atoms with Crippen LogP contribution in [0, 0.1) is 11.3 Å². The number of piperidine rings is 1. The molecule has 1 aromatic carbocycles. The summed E-state index contributed by atoms with van der Waals surface area (Å²) in [4.78, 5) is 20.9. The summed E-state index contributed by atoms with van der Waals surface area (Å²) in [5.74, 6) is -0.0276. The molecule has 0 radical (unpaired) electrons. The van der Waals surface area contributed by atoms with E-state index in [-0.39, 0.29) is 36.5 Å². The van der Waals surface area contributed by atoms with Gasteiger partial charge in [-0.15, -0.1) is 0 Å². The van der Waals surface area contributed by atoms with Crippen LogP contribution in [0.25, 0.3) is 22.2 Å². The van der Waals surface area contributed by atoms with Crippen molar-refractivity contribution in [3.05, 3.63) is 40.1 Å². The Morgan fingerprint density at radius 1 is 1.35 bits per heavy atom. The minimum absolute atomic E-state index is 0.0276. The van der Waals surface area contributed by atoms with Crippen molar-refractivity contribution in [3.63, 3.8) is 0 Å². The summed E-state index contributed by atoms with van der Waals surface area (Å²) in [5.41, 5.74) is -0.261. The number of ether oxygens (including phenoxy) is 1. The minimum Gasteiger partial charge on any atom is -0.465 e. The van der Waals surface area contributed by atoms with Gasteiger partial charge >= 0.3 is 12.3 Å².